The van der Waals surface area contributed by atoms with Gasteiger partial charge in [0, 0.05) is 10.6 Å². The lowest BCUT2D eigenvalue weighted by Crippen LogP contribution is -2.03. The molecule has 2 aromatic rings. The maximum atomic E-state index is 11.0. The van der Waals surface area contributed by atoms with Crippen molar-refractivity contribution in [3.8, 4) is 11.5 Å². The summed E-state index contributed by atoms with van der Waals surface area (Å²) in [6, 6.07) is 8.81. The number of phenols is 1. The molecule has 8 heteroatoms. The summed E-state index contributed by atoms with van der Waals surface area (Å²) in [7, 11) is 0. The van der Waals surface area contributed by atoms with Crippen molar-refractivity contribution in [2.75, 3.05) is 0 Å². The second kappa shape index (κ2) is 6.31. The van der Waals surface area contributed by atoms with Crippen LogP contribution in [0.15, 0.2) is 36.4 Å². The molecule has 2 rings (SSSR count). The van der Waals surface area contributed by atoms with Crippen molar-refractivity contribution in [3.63, 3.8) is 0 Å². The van der Waals surface area contributed by atoms with Gasteiger partial charge in [-0.2, -0.15) is 0 Å². The molecule has 0 aliphatic rings. The number of ether oxygens (including phenoxy) is 1. The second-order valence-corrected chi connectivity index (χ2v) is 4.69. The summed E-state index contributed by atoms with van der Waals surface area (Å²) in [6.45, 7) is 0.000657. The van der Waals surface area contributed by atoms with E-state index in [9.17, 15) is 20.0 Å². The fourth-order valence-corrected chi connectivity index (χ4v) is 1.95. The van der Waals surface area contributed by atoms with Crippen LogP contribution in [-0.4, -0.2) is 21.1 Å². The smallest absolute Gasteiger partial charge is 0.339 e. The molecule has 0 amide bonds. The number of aromatic hydroxyl groups is 1. The third kappa shape index (κ3) is 3.26. The average Bonchev–Trinajstić information content (AvgIpc) is 2.47. The minimum Gasteiger partial charge on any atom is -0.501 e. The molecule has 0 aliphatic carbocycles. The number of benzene rings is 2. The van der Waals surface area contributed by atoms with Crippen LogP contribution < -0.4 is 4.74 Å². The van der Waals surface area contributed by atoms with Crippen molar-refractivity contribution in [2.24, 2.45) is 0 Å². The number of hydrogen-bond acceptors (Lipinski definition) is 5. The van der Waals surface area contributed by atoms with E-state index in [1.165, 1.54) is 0 Å². The summed E-state index contributed by atoms with van der Waals surface area (Å²) in [5, 5.41) is 29.9. The van der Waals surface area contributed by atoms with Crippen LogP contribution in [0.5, 0.6) is 11.5 Å². The molecule has 7 nitrogen and oxygen atoms in total. The Morgan fingerprint density at radius 3 is 2.59 bits per heavy atom. The molecule has 0 heterocycles. The van der Waals surface area contributed by atoms with Gasteiger partial charge in [0.05, 0.1) is 11.0 Å². The van der Waals surface area contributed by atoms with E-state index in [-0.39, 0.29) is 12.4 Å². The summed E-state index contributed by atoms with van der Waals surface area (Å²) in [6.07, 6.45) is 0. The lowest BCUT2D eigenvalue weighted by Gasteiger charge is -2.09. The molecule has 0 fully saturated rings. The van der Waals surface area contributed by atoms with Crippen molar-refractivity contribution in [3.05, 3.63) is 62.7 Å². The molecule has 22 heavy (non-hydrogen) atoms. The first kappa shape index (κ1) is 15.6. The van der Waals surface area contributed by atoms with Gasteiger partial charge < -0.3 is 14.9 Å². The third-order valence-electron chi connectivity index (χ3n) is 2.84. The highest BCUT2D eigenvalue weighted by atomic mass is 35.5. The molecule has 2 N–H and O–H groups in total. The maximum Gasteiger partial charge on any atom is 0.339 e. The van der Waals surface area contributed by atoms with Gasteiger partial charge in [0.2, 0.25) is 5.75 Å². The minimum atomic E-state index is -1.50. The molecule has 0 atom stereocenters. The lowest BCUT2D eigenvalue weighted by atomic mass is 10.1. The quantitative estimate of drug-likeness (QED) is 0.645. The van der Waals surface area contributed by atoms with E-state index in [1.54, 1.807) is 24.3 Å². The number of nitro groups is 1. The summed E-state index contributed by atoms with van der Waals surface area (Å²) >= 11 is 5.96. The van der Waals surface area contributed by atoms with Crippen molar-refractivity contribution >= 4 is 23.3 Å². The lowest BCUT2D eigenvalue weighted by molar-refractivity contribution is -0.386. The van der Waals surface area contributed by atoms with Crippen LogP contribution in [0.1, 0.15) is 15.9 Å². The molecule has 0 bridgehead atoms. The molecule has 0 aliphatic heterocycles. The van der Waals surface area contributed by atoms with E-state index in [4.69, 9.17) is 21.4 Å². The SMILES string of the molecule is O=C(O)c1cc(OCc2ccccc2Cl)cc([N+](=O)[O-])c1O. The van der Waals surface area contributed by atoms with Gasteiger partial charge >= 0.3 is 11.7 Å². The zero-order valence-corrected chi connectivity index (χ0v) is 11.8. The Labute approximate surface area is 129 Å². The zero-order chi connectivity index (χ0) is 16.3. The van der Waals surface area contributed by atoms with E-state index in [0.29, 0.717) is 10.6 Å². The number of carboxylic acid groups (broad SMARTS) is 1. The number of carboxylic acids is 1. The number of carbonyl (C=O) groups is 1. The van der Waals surface area contributed by atoms with Crippen LogP contribution >= 0.6 is 11.6 Å². The third-order valence-corrected chi connectivity index (χ3v) is 3.21. The van der Waals surface area contributed by atoms with Crippen molar-refractivity contribution in [2.45, 2.75) is 6.61 Å². The summed E-state index contributed by atoms with van der Waals surface area (Å²) in [5.74, 6) is -2.46. The standard InChI is InChI=1S/C14H10ClNO6/c15-11-4-2-1-3-8(11)7-22-9-5-10(14(18)19)13(17)12(6-9)16(20)21/h1-6,17H,7H2,(H,18,19). The van der Waals surface area contributed by atoms with E-state index < -0.39 is 27.9 Å². The Hall–Kier alpha value is -2.80. The minimum absolute atomic E-state index is 0.000657. The van der Waals surface area contributed by atoms with Gasteiger partial charge in [0.15, 0.2) is 0 Å². The topological polar surface area (TPSA) is 110 Å². The highest BCUT2D eigenvalue weighted by molar-refractivity contribution is 6.31. The van der Waals surface area contributed by atoms with E-state index in [2.05, 4.69) is 0 Å². The Morgan fingerprint density at radius 1 is 1.32 bits per heavy atom. The fourth-order valence-electron chi connectivity index (χ4n) is 1.76. The first-order chi connectivity index (χ1) is 10.4. The first-order valence-corrected chi connectivity index (χ1v) is 6.39. The fraction of sp³-hybridized carbons (Fsp3) is 0.0714. The van der Waals surface area contributed by atoms with Gasteiger partial charge in [-0.15, -0.1) is 0 Å². The van der Waals surface area contributed by atoms with Crippen molar-refractivity contribution < 1.29 is 24.7 Å². The molecule has 2 aromatic carbocycles. The normalized spacial score (nSPS) is 10.2. The summed E-state index contributed by atoms with van der Waals surface area (Å²) in [5.41, 5.74) is -0.714. The number of nitro benzene ring substituents is 1. The van der Waals surface area contributed by atoms with Gasteiger partial charge in [0.1, 0.15) is 17.9 Å². The molecule has 0 saturated carbocycles. The van der Waals surface area contributed by atoms with Crippen molar-refractivity contribution in [1.82, 2.24) is 0 Å². The predicted octanol–water partition coefficient (Wildman–Crippen LogP) is 3.23. The van der Waals surface area contributed by atoms with Gasteiger partial charge in [-0.3, -0.25) is 10.1 Å². The molecule has 114 valence electrons. The predicted molar refractivity (Wildman–Crippen MR) is 77.5 cm³/mol. The number of hydrogen-bond donors (Lipinski definition) is 2. The Bertz CT molecular complexity index is 711. The number of nitrogens with zero attached hydrogens (tertiary/aromatic N) is 1. The van der Waals surface area contributed by atoms with Gasteiger partial charge in [-0.1, -0.05) is 29.8 Å². The Kier molecular flexibility index (Phi) is 4.47. The number of halogens is 1. The van der Waals surface area contributed by atoms with E-state index in [0.717, 1.165) is 12.1 Å². The highest BCUT2D eigenvalue weighted by Crippen LogP contribution is 2.34. The second-order valence-electron chi connectivity index (χ2n) is 4.28. The molecule has 0 spiro atoms. The van der Waals surface area contributed by atoms with Crippen LogP contribution in [0, 0.1) is 10.1 Å². The monoisotopic (exact) mass is 323 g/mol. The molecular formula is C14H10ClNO6. The summed E-state index contributed by atoms with van der Waals surface area (Å²) < 4.78 is 5.35. The zero-order valence-electron chi connectivity index (χ0n) is 11.0. The molecule has 0 unspecified atom stereocenters. The van der Waals surface area contributed by atoms with Gasteiger partial charge in [-0.25, -0.2) is 4.79 Å². The van der Waals surface area contributed by atoms with Crippen LogP contribution in [0.2, 0.25) is 5.02 Å². The van der Waals surface area contributed by atoms with E-state index >= 15 is 0 Å². The van der Waals surface area contributed by atoms with Crippen LogP contribution in [0.4, 0.5) is 5.69 Å². The molecule has 0 saturated heterocycles. The summed E-state index contributed by atoms with van der Waals surface area (Å²) in [4.78, 5) is 21.0. The molecule has 0 radical (unpaired) electrons. The van der Waals surface area contributed by atoms with Crippen LogP contribution in [0.25, 0.3) is 0 Å². The Balaban J connectivity index is 2.33. The first-order valence-electron chi connectivity index (χ1n) is 6.01. The molecule has 0 aromatic heterocycles. The van der Waals surface area contributed by atoms with Gasteiger partial charge in [-0.05, 0) is 12.1 Å². The van der Waals surface area contributed by atoms with E-state index in [1.807, 2.05) is 0 Å². The van der Waals surface area contributed by atoms with Crippen LogP contribution in [-0.2, 0) is 6.61 Å². The van der Waals surface area contributed by atoms with Gasteiger partial charge in [0.25, 0.3) is 0 Å². The Morgan fingerprint density at radius 2 is 2.00 bits per heavy atom. The maximum absolute atomic E-state index is 11.0. The molecular weight excluding hydrogens is 314 g/mol. The number of aromatic carboxylic acids is 1. The van der Waals surface area contributed by atoms with Crippen molar-refractivity contribution in [1.29, 1.82) is 0 Å². The highest BCUT2D eigenvalue weighted by Gasteiger charge is 2.23. The van der Waals surface area contributed by atoms with Crippen LogP contribution in [0.3, 0.4) is 0 Å². The average molecular weight is 324 g/mol. The largest absolute Gasteiger partial charge is 0.501 e. The number of rotatable bonds is 5.